The molecule has 0 spiro atoms. The summed E-state index contributed by atoms with van der Waals surface area (Å²) in [5, 5.41) is 15.5. The summed E-state index contributed by atoms with van der Waals surface area (Å²) in [5.41, 5.74) is 0.193. The zero-order chi connectivity index (χ0) is 24.1. The van der Waals surface area contributed by atoms with Crippen LogP contribution in [0.25, 0.3) is 0 Å². The number of carbonyl (C=O) groups excluding carboxylic acids is 3. The number of aliphatic hydroxyl groups is 1. The number of carbonyl (C=O) groups is 3. The molecule has 33 heavy (non-hydrogen) atoms. The van der Waals surface area contributed by atoms with Crippen LogP contribution in [0, 0.1) is 5.92 Å². The quantitative estimate of drug-likeness (QED) is 0.294. The molecule has 0 unspecified atom stereocenters. The fraction of sp³-hybridized carbons (Fsp3) is 0.500. The maximum absolute atomic E-state index is 12.9. The monoisotopic (exact) mass is 456 g/mol. The van der Waals surface area contributed by atoms with Gasteiger partial charge >= 0.3 is 5.97 Å². The summed E-state index contributed by atoms with van der Waals surface area (Å²) in [4.78, 5) is 37.7. The lowest BCUT2D eigenvalue weighted by Gasteiger charge is -2.29. The number of rotatable bonds is 14. The van der Waals surface area contributed by atoms with Gasteiger partial charge in [-0.15, -0.1) is 13.2 Å². The molecule has 1 aliphatic carbocycles. The Morgan fingerprint density at radius 1 is 1.12 bits per heavy atom. The van der Waals surface area contributed by atoms with Crippen LogP contribution in [0.15, 0.2) is 55.6 Å². The Balaban J connectivity index is 1.99. The second kappa shape index (κ2) is 13.6. The number of nitrogens with one attached hydrogen (secondary N) is 2. The second-order valence-corrected chi connectivity index (χ2v) is 8.58. The third-order valence-corrected chi connectivity index (χ3v) is 5.98. The first-order chi connectivity index (χ1) is 15.9. The van der Waals surface area contributed by atoms with Gasteiger partial charge in [0.15, 0.2) is 0 Å². The van der Waals surface area contributed by atoms with E-state index in [0.717, 1.165) is 31.2 Å². The van der Waals surface area contributed by atoms with Gasteiger partial charge in [0.05, 0.1) is 24.6 Å². The highest BCUT2D eigenvalue weighted by molar-refractivity contribution is 5.86. The summed E-state index contributed by atoms with van der Waals surface area (Å²) in [6.45, 7) is 7.31. The van der Waals surface area contributed by atoms with Gasteiger partial charge in [-0.2, -0.15) is 0 Å². The molecule has 1 saturated carbocycles. The van der Waals surface area contributed by atoms with Crippen LogP contribution in [0.4, 0.5) is 0 Å². The molecule has 2 rings (SSSR count). The molecule has 1 aliphatic rings. The Hall–Kier alpha value is -2.93. The fourth-order valence-corrected chi connectivity index (χ4v) is 4.10. The average molecular weight is 457 g/mol. The molecular weight excluding hydrogens is 420 g/mol. The van der Waals surface area contributed by atoms with Crippen LogP contribution in [-0.2, 0) is 19.1 Å². The van der Waals surface area contributed by atoms with E-state index >= 15 is 0 Å². The fourth-order valence-electron chi connectivity index (χ4n) is 4.10. The first-order valence-corrected chi connectivity index (χ1v) is 11.6. The molecule has 7 heteroatoms. The number of amides is 2. The molecule has 0 heterocycles. The van der Waals surface area contributed by atoms with E-state index in [1.54, 1.807) is 12.2 Å². The highest BCUT2D eigenvalue weighted by atomic mass is 16.5. The summed E-state index contributed by atoms with van der Waals surface area (Å²) in [6, 6.07) is 9.21. The molecule has 0 aromatic heterocycles. The molecule has 7 nitrogen and oxygen atoms in total. The molecule has 2 atom stereocenters. The van der Waals surface area contributed by atoms with Crippen LogP contribution < -0.4 is 10.6 Å². The minimum Gasteiger partial charge on any atom is -0.456 e. The lowest BCUT2D eigenvalue weighted by Crippen LogP contribution is -2.50. The minimum absolute atomic E-state index is 0.00523. The molecule has 0 aliphatic heterocycles. The van der Waals surface area contributed by atoms with E-state index in [4.69, 9.17) is 4.74 Å². The third-order valence-electron chi connectivity index (χ3n) is 5.98. The van der Waals surface area contributed by atoms with E-state index in [-0.39, 0.29) is 43.8 Å². The van der Waals surface area contributed by atoms with Crippen molar-refractivity contribution in [1.29, 1.82) is 0 Å². The smallest absolute Gasteiger partial charge is 0.306 e. The normalized spacial score (nSPS) is 16.3. The Bertz CT molecular complexity index is 802. The van der Waals surface area contributed by atoms with Gasteiger partial charge in [0.25, 0.3) is 0 Å². The Morgan fingerprint density at radius 2 is 1.82 bits per heavy atom. The number of aliphatic hydroxyl groups excluding tert-OH is 1. The maximum Gasteiger partial charge on any atom is 0.306 e. The first kappa shape index (κ1) is 26.3. The van der Waals surface area contributed by atoms with Crippen LogP contribution >= 0.6 is 0 Å². The van der Waals surface area contributed by atoms with Crippen molar-refractivity contribution in [1.82, 2.24) is 10.6 Å². The largest absolute Gasteiger partial charge is 0.456 e. The number of hydrogen-bond donors (Lipinski definition) is 3. The molecule has 2 amide bonds. The average Bonchev–Trinajstić information content (AvgIpc) is 3.29. The Kier molecular flexibility index (Phi) is 10.8. The molecule has 0 bridgehead atoms. The van der Waals surface area contributed by atoms with E-state index in [2.05, 4.69) is 23.8 Å². The summed E-state index contributed by atoms with van der Waals surface area (Å²) in [6.07, 6.45) is 7.08. The molecule has 3 N–H and O–H groups in total. The highest BCUT2D eigenvalue weighted by Crippen LogP contribution is 2.29. The van der Waals surface area contributed by atoms with Gasteiger partial charge in [-0.05, 0) is 31.2 Å². The molecular formula is C26H36N2O5. The Labute approximate surface area is 196 Å². The number of ether oxygens (including phenoxy) is 1. The van der Waals surface area contributed by atoms with Crippen LogP contribution in [0.1, 0.15) is 63.0 Å². The third kappa shape index (κ3) is 8.50. The van der Waals surface area contributed by atoms with Crippen LogP contribution in [0.5, 0.6) is 0 Å². The SMILES string of the molecule is C=CCCC(=O)O[C@H](CNC(=O)[C@@H](CC=C)CC(=O)NC1(CO)CCCC1)c1ccccc1. The molecule has 1 aromatic rings. The zero-order valence-electron chi connectivity index (χ0n) is 19.3. The van der Waals surface area contributed by atoms with Crippen molar-refractivity contribution in [2.75, 3.05) is 13.2 Å². The number of benzene rings is 1. The number of hydrogen-bond acceptors (Lipinski definition) is 5. The maximum atomic E-state index is 12.9. The second-order valence-electron chi connectivity index (χ2n) is 8.58. The first-order valence-electron chi connectivity index (χ1n) is 11.6. The summed E-state index contributed by atoms with van der Waals surface area (Å²) < 4.78 is 5.60. The van der Waals surface area contributed by atoms with Crippen molar-refractivity contribution in [2.24, 2.45) is 5.92 Å². The van der Waals surface area contributed by atoms with Crippen molar-refractivity contribution in [3.63, 3.8) is 0 Å². The predicted molar refractivity (Wildman–Crippen MR) is 127 cm³/mol. The predicted octanol–water partition coefficient (Wildman–Crippen LogP) is 3.36. The van der Waals surface area contributed by atoms with E-state index in [1.165, 1.54) is 0 Å². The Morgan fingerprint density at radius 3 is 2.42 bits per heavy atom. The van der Waals surface area contributed by atoms with Gasteiger partial charge in [-0.3, -0.25) is 14.4 Å². The molecule has 1 aromatic carbocycles. The summed E-state index contributed by atoms with van der Waals surface area (Å²) in [7, 11) is 0. The zero-order valence-corrected chi connectivity index (χ0v) is 19.3. The summed E-state index contributed by atoms with van der Waals surface area (Å²) in [5.74, 6) is -1.54. The molecule has 0 radical (unpaired) electrons. The lowest BCUT2D eigenvalue weighted by atomic mass is 9.95. The van der Waals surface area contributed by atoms with Gasteiger partial charge in [0.2, 0.25) is 11.8 Å². The van der Waals surface area contributed by atoms with E-state index in [0.29, 0.717) is 12.8 Å². The lowest BCUT2D eigenvalue weighted by molar-refractivity contribution is -0.150. The van der Waals surface area contributed by atoms with Gasteiger partial charge in [0, 0.05) is 12.8 Å². The van der Waals surface area contributed by atoms with Gasteiger partial charge in [-0.1, -0.05) is 55.3 Å². The van der Waals surface area contributed by atoms with Gasteiger partial charge in [0.1, 0.15) is 6.10 Å². The van der Waals surface area contributed by atoms with Gasteiger partial charge in [-0.25, -0.2) is 0 Å². The van der Waals surface area contributed by atoms with Crippen molar-refractivity contribution < 1.29 is 24.2 Å². The van der Waals surface area contributed by atoms with Crippen molar-refractivity contribution >= 4 is 17.8 Å². The van der Waals surface area contributed by atoms with Gasteiger partial charge < -0.3 is 20.5 Å². The van der Waals surface area contributed by atoms with Crippen molar-refractivity contribution in [3.8, 4) is 0 Å². The topological polar surface area (TPSA) is 105 Å². The number of allylic oxidation sites excluding steroid dienone is 2. The van der Waals surface area contributed by atoms with E-state index in [1.807, 2.05) is 30.3 Å². The number of esters is 1. The standard InChI is InChI=1S/C26H36N2O5/c1-3-5-14-24(31)33-22(20-12-7-6-8-13-20)18-27-25(32)21(11-4-2)17-23(30)28-26(19-29)15-9-10-16-26/h3-4,6-8,12-13,21-22,29H,1-2,5,9-11,14-19H2,(H,27,32)(H,28,30)/t21-,22+/m0/s1. The summed E-state index contributed by atoms with van der Waals surface area (Å²) >= 11 is 0. The molecule has 1 fully saturated rings. The van der Waals surface area contributed by atoms with Crippen LogP contribution in [-0.4, -0.2) is 41.6 Å². The molecule has 0 saturated heterocycles. The van der Waals surface area contributed by atoms with Crippen molar-refractivity contribution in [2.45, 2.75) is 63.0 Å². The van der Waals surface area contributed by atoms with E-state index in [9.17, 15) is 19.5 Å². The van der Waals surface area contributed by atoms with Crippen molar-refractivity contribution in [3.05, 3.63) is 61.2 Å². The van der Waals surface area contributed by atoms with Crippen LogP contribution in [0.2, 0.25) is 0 Å². The van der Waals surface area contributed by atoms with E-state index < -0.39 is 17.6 Å². The highest BCUT2D eigenvalue weighted by Gasteiger charge is 2.35. The minimum atomic E-state index is -0.637. The van der Waals surface area contributed by atoms with Crippen LogP contribution in [0.3, 0.4) is 0 Å². The molecule has 180 valence electrons.